The van der Waals surface area contributed by atoms with Gasteiger partial charge in [-0.1, -0.05) is 47.5 Å². The summed E-state index contributed by atoms with van der Waals surface area (Å²) in [6.07, 6.45) is 8.42. The summed E-state index contributed by atoms with van der Waals surface area (Å²) in [5.41, 5.74) is 0.0415. The number of anilines is 1. The SMILES string of the molecule is COCCCNc1nc(C(C)(C)C)ncc1C(=O)N(CC(C)C)[C@H]1C[C@@H](C(=O)N2CCC[C@H]3CCCC[C@@H]32)CN(C(=O)O)C1. The van der Waals surface area contributed by atoms with Crippen LogP contribution in [-0.2, 0) is 14.9 Å². The number of carbonyl (C=O) groups excluding carboxylic acids is 2. The number of methoxy groups -OCH3 is 1. The maximum atomic E-state index is 14.4. The lowest BCUT2D eigenvalue weighted by Gasteiger charge is -2.47. The summed E-state index contributed by atoms with van der Waals surface area (Å²) in [6.45, 7) is 12.8. The highest BCUT2D eigenvalue weighted by molar-refractivity contribution is 5.98. The Balaban J connectivity index is 1.63. The Bertz CT molecular complexity index is 1150. The van der Waals surface area contributed by atoms with E-state index in [1.54, 1.807) is 18.2 Å². The predicted molar refractivity (Wildman–Crippen MR) is 170 cm³/mol. The summed E-state index contributed by atoms with van der Waals surface area (Å²) < 4.78 is 5.20. The Kier molecular flexibility index (Phi) is 11.5. The van der Waals surface area contributed by atoms with Crippen LogP contribution in [0.1, 0.15) is 102 Å². The maximum Gasteiger partial charge on any atom is 0.407 e. The van der Waals surface area contributed by atoms with Crippen LogP contribution < -0.4 is 5.32 Å². The molecule has 2 saturated heterocycles. The number of likely N-dealkylation sites (tertiary alicyclic amines) is 2. The van der Waals surface area contributed by atoms with Crippen molar-refractivity contribution < 1.29 is 24.2 Å². The summed E-state index contributed by atoms with van der Waals surface area (Å²) in [6, 6.07) is -0.193. The molecule has 2 N–H and O–H groups in total. The predicted octanol–water partition coefficient (Wildman–Crippen LogP) is 4.87. The first-order valence-corrected chi connectivity index (χ1v) is 16.6. The van der Waals surface area contributed by atoms with Crippen LogP contribution in [0.15, 0.2) is 6.20 Å². The molecule has 246 valence electrons. The zero-order valence-corrected chi connectivity index (χ0v) is 27.7. The van der Waals surface area contributed by atoms with Crippen molar-refractivity contribution in [1.29, 1.82) is 0 Å². The number of hydrogen-bond donors (Lipinski definition) is 2. The van der Waals surface area contributed by atoms with Crippen molar-refractivity contribution in [3.63, 3.8) is 0 Å². The lowest BCUT2D eigenvalue weighted by Crippen LogP contribution is -2.59. The number of carboxylic acid groups (broad SMARTS) is 1. The van der Waals surface area contributed by atoms with E-state index in [2.05, 4.69) is 15.2 Å². The summed E-state index contributed by atoms with van der Waals surface area (Å²) in [5, 5.41) is 13.5. The molecule has 11 nitrogen and oxygen atoms in total. The van der Waals surface area contributed by atoms with Crippen molar-refractivity contribution in [2.45, 2.75) is 103 Å². The zero-order valence-electron chi connectivity index (χ0n) is 27.7. The fraction of sp³-hybridized carbons (Fsp3) is 0.788. The van der Waals surface area contributed by atoms with Crippen molar-refractivity contribution in [3.8, 4) is 0 Å². The number of carbonyl (C=O) groups is 3. The number of fused-ring (bicyclic) bond motifs is 1. The van der Waals surface area contributed by atoms with Gasteiger partial charge in [-0.3, -0.25) is 9.59 Å². The van der Waals surface area contributed by atoms with Crippen LogP contribution >= 0.6 is 0 Å². The molecule has 3 fully saturated rings. The Morgan fingerprint density at radius 1 is 1.14 bits per heavy atom. The number of hydrogen-bond acceptors (Lipinski definition) is 7. The largest absolute Gasteiger partial charge is 0.465 e. The van der Waals surface area contributed by atoms with Crippen LogP contribution in [0.2, 0.25) is 0 Å². The van der Waals surface area contributed by atoms with Gasteiger partial charge in [0, 0.05) is 64.1 Å². The third-order valence-corrected chi connectivity index (χ3v) is 9.35. The first kappa shape index (κ1) is 33.9. The van der Waals surface area contributed by atoms with Crippen LogP contribution in [0.5, 0.6) is 0 Å². The van der Waals surface area contributed by atoms with Crippen LogP contribution in [0, 0.1) is 17.8 Å². The molecule has 4 atom stereocenters. The summed E-state index contributed by atoms with van der Waals surface area (Å²) >= 11 is 0. The highest BCUT2D eigenvalue weighted by Gasteiger charge is 2.43. The molecule has 1 saturated carbocycles. The molecule has 4 rings (SSSR count). The van der Waals surface area contributed by atoms with E-state index in [1.807, 2.05) is 34.6 Å². The van der Waals surface area contributed by atoms with E-state index in [1.165, 1.54) is 11.3 Å². The van der Waals surface area contributed by atoms with Crippen molar-refractivity contribution in [1.82, 2.24) is 24.7 Å². The Hall–Kier alpha value is -2.95. The normalized spacial score (nSPS) is 24.2. The third kappa shape index (κ3) is 8.20. The molecule has 0 spiro atoms. The molecule has 1 aromatic rings. The molecule has 11 heteroatoms. The second-order valence-corrected chi connectivity index (χ2v) is 14.4. The van der Waals surface area contributed by atoms with E-state index in [0.29, 0.717) is 49.2 Å². The molecule has 0 radical (unpaired) electrons. The fourth-order valence-electron chi connectivity index (χ4n) is 7.17. The molecule has 3 heterocycles. The first-order valence-electron chi connectivity index (χ1n) is 16.6. The topological polar surface area (TPSA) is 128 Å². The molecule has 3 aliphatic rings. The van der Waals surface area contributed by atoms with E-state index in [4.69, 9.17) is 9.72 Å². The molecular weight excluding hydrogens is 560 g/mol. The van der Waals surface area contributed by atoms with E-state index in [-0.39, 0.29) is 42.3 Å². The van der Waals surface area contributed by atoms with E-state index >= 15 is 0 Å². The highest BCUT2D eigenvalue weighted by atomic mass is 16.5. The molecule has 44 heavy (non-hydrogen) atoms. The number of rotatable bonds is 10. The second kappa shape index (κ2) is 14.9. The van der Waals surface area contributed by atoms with E-state index < -0.39 is 18.1 Å². The van der Waals surface area contributed by atoms with Crippen molar-refractivity contribution >= 4 is 23.7 Å². The number of nitrogens with zero attached hydrogens (tertiary/aromatic N) is 5. The third-order valence-electron chi connectivity index (χ3n) is 9.35. The highest BCUT2D eigenvalue weighted by Crippen LogP contribution is 2.37. The van der Waals surface area contributed by atoms with Crippen LogP contribution in [-0.4, -0.2) is 106 Å². The quantitative estimate of drug-likeness (QED) is 0.357. The standard InChI is InChI=1S/C33H54N6O5/c1-22(2)19-39(30(41)26-18-35-31(33(3,4)5)36-28(26)34-14-10-16-44-6)25-17-24(20-37(21-25)32(42)43)29(40)38-15-9-12-23-11-7-8-13-27(23)38/h18,22-25,27H,7-17,19-21H2,1-6H3,(H,42,43)(H,34,35,36)/t23-,24-,25+,27+/m1/s1. The first-order chi connectivity index (χ1) is 20.9. The monoisotopic (exact) mass is 614 g/mol. The maximum absolute atomic E-state index is 14.4. The average molecular weight is 615 g/mol. The lowest BCUT2D eigenvalue weighted by atomic mass is 9.77. The van der Waals surface area contributed by atoms with Gasteiger partial charge in [-0.2, -0.15) is 0 Å². The van der Waals surface area contributed by atoms with Gasteiger partial charge in [-0.05, 0) is 50.4 Å². The van der Waals surface area contributed by atoms with E-state index in [0.717, 1.165) is 45.1 Å². The van der Waals surface area contributed by atoms with Crippen LogP contribution in [0.25, 0.3) is 0 Å². The van der Waals surface area contributed by atoms with Gasteiger partial charge in [-0.25, -0.2) is 14.8 Å². The van der Waals surface area contributed by atoms with Gasteiger partial charge in [0.15, 0.2) is 0 Å². The molecule has 0 unspecified atom stereocenters. The minimum Gasteiger partial charge on any atom is -0.465 e. The van der Waals surface area contributed by atoms with Gasteiger partial charge in [0.1, 0.15) is 17.2 Å². The van der Waals surface area contributed by atoms with Gasteiger partial charge >= 0.3 is 6.09 Å². The lowest BCUT2D eigenvalue weighted by molar-refractivity contribution is -0.144. The van der Waals surface area contributed by atoms with E-state index in [9.17, 15) is 19.5 Å². The molecule has 2 aliphatic heterocycles. The Morgan fingerprint density at radius 2 is 1.86 bits per heavy atom. The molecule has 3 amide bonds. The zero-order chi connectivity index (χ0) is 32.0. The van der Waals surface area contributed by atoms with Gasteiger partial charge in [-0.15, -0.1) is 0 Å². The molecule has 0 bridgehead atoms. The van der Waals surface area contributed by atoms with Crippen LogP contribution in [0.3, 0.4) is 0 Å². The van der Waals surface area contributed by atoms with Crippen molar-refractivity contribution in [2.75, 3.05) is 51.8 Å². The minimum absolute atomic E-state index is 0.0489. The Morgan fingerprint density at radius 3 is 2.55 bits per heavy atom. The van der Waals surface area contributed by atoms with Crippen LogP contribution in [0.4, 0.5) is 10.6 Å². The minimum atomic E-state index is -1.06. The second-order valence-electron chi connectivity index (χ2n) is 14.4. The number of aromatic nitrogens is 2. The van der Waals surface area contributed by atoms with Gasteiger partial charge in [0.2, 0.25) is 5.91 Å². The smallest absolute Gasteiger partial charge is 0.407 e. The fourth-order valence-corrected chi connectivity index (χ4v) is 7.17. The number of nitrogens with one attached hydrogen (secondary N) is 1. The number of piperidine rings is 2. The summed E-state index contributed by atoms with van der Waals surface area (Å²) in [5.74, 6) is 1.08. The summed E-state index contributed by atoms with van der Waals surface area (Å²) in [7, 11) is 1.66. The van der Waals surface area contributed by atoms with Crippen molar-refractivity contribution in [2.24, 2.45) is 17.8 Å². The molecule has 0 aromatic carbocycles. The number of ether oxygens (including phenoxy) is 1. The van der Waals surface area contributed by atoms with Gasteiger partial charge < -0.3 is 29.9 Å². The number of amides is 3. The van der Waals surface area contributed by atoms with Gasteiger partial charge in [0.05, 0.1) is 12.0 Å². The molecule has 1 aromatic heterocycles. The van der Waals surface area contributed by atoms with Crippen molar-refractivity contribution in [3.05, 3.63) is 17.6 Å². The van der Waals surface area contributed by atoms with Gasteiger partial charge in [0.25, 0.3) is 5.91 Å². The summed E-state index contributed by atoms with van der Waals surface area (Å²) in [4.78, 5) is 55.4. The molecular formula is C33H54N6O5. The molecule has 1 aliphatic carbocycles. The average Bonchev–Trinajstić information content (AvgIpc) is 3.00. The Labute approximate surface area is 263 Å².